The zero-order valence-electron chi connectivity index (χ0n) is 11.5. The smallest absolute Gasteiger partial charge is 0.150 e. The number of rotatable bonds is 4. The first-order chi connectivity index (χ1) is 9.47. The quantitative estimate of drug-likeness (QED) is 0.856. The number of benzene rings is 1. The highest BCUT2D eigenvalue weighted by Crippen LogP contribution is 2.35. The van der Waals surface area contributed by atoms with Crippen molar-refractivity contribution in [2.75, 3.05) is 0 Å². The Kier molecular flexibility index (Phi) is 4.32. The summed E-state index contributed by atoms with van der Waals surface area (Å²) in [7, 11) is 0. The Hall–Kier alpha value is -1.97. The van der Waals surface area contributed by atoms with E-state index in [4.69, 9.17) is 0 Å². The number of ketones is 3. The van der Waals surface area contributed by atoms with E-state index in [-0.39, 0.29) is 35.4 Å². The van der Waals surface area contributed by atoms with E-state index < -0.39 is 5.92 Å². The monoisotopic (exact) mass is 274 g/mol. The van der Waals surface area contributed by atoms with Gasteiger partial charge in [0.05, 0.1) is 12.3 Å². The predicted octanol–water partition coefficient (Wildman–Crippen LogP) is 2.39. The molecule has 0 bridgehead atoms. The van der Waals surface area contributed by atoms with Crippen molar-refractivity contribution in [3.05, 3.63) is 29.8 Å². The van der Waals surface area contributed by atoms with Gasteiger partial charge < -0.3 is 5.11 Å². The summed E-state index contributed by atoms with van der Waals surface area (Å²) >= 11 is 0. The van der Waals surface area contributed by atoms with Gasteiger partial charge in [0.15, 0.2) is 5.78 Å². The molecule has 0 spiro atoms. The van der Waals surface area contributed by atoms with Crippen molar-refractivity contribution in [2.24, 2.45) is 5.92 Å². The van der Waals surface area contributed by atoms with Crippen molar-refractivity contribution in [1.29, 1.82) is 0 Å². The molecule has 0 aromatic heterocycles. The SMILES string of the molecule is CC(=O)CC(=O)C1CC(c2ccc(O)cc2)CCC1=O. The topological polar surface area (TPSA) is 71.4 Å². The Bertz CT molecular complexity index is 530. The number of phenols is 1. The minimum Gasteiger partial charge on any atom is -0.508 e. The molecule has 2 rings (SSSR count). The molecule has 2 unspecified atom stereocenters. The predicted molar refractivity (Wildman–Crippen MR) is 73.5 cm³/mol. The van der Waals surface area contributed by atoms with Crippen molar-refractivity contribution >= 4 is 17.3 Å². The van der Waals surface area contributed by atoms with Crippen LogP contribution in [0, 0.1) is 5.92 Å². The van der Waals surface area contributed by atoms with E-state index in [1.807, 2.05) is 12.1 Å². The standard InChI is InChI=1S/C16H18O4/c1-10(17)8-16(20)14-9-12(4-7-15(14)19)11-2-5-13(18)6-3-11/h2-3,5-6,12,14,18H,4,7-9H2,1H3. The maximum atomic E-state index is 12.0. The van der Waals surface area contributed by atoms with Crippen LogP contribution in [0.1, 0.15) is 44.1 Å². The van der Waals surface area contributed by atoms with Crippen molar-refractivity contribution in [1.82, 2.24) is 0 Å². The van der Waals surface area contributed by atoms with Crippen LogP contribution in [0.3, 0.4) is 0 Å². The number of hydrogen-bond donors (Lipinski definition) is 1. The minimum absolute atomic E-state index is 0.0497. The molecule has 1 aromatic carbocycles. The second-order valence-electron chi connectivity index (χ2n) is 5.43. The lowest BCUT2D eigenvalue weighted by Crippen LogP contribution is -2.31. The zero-order valence-corrected chi connectivity index (χ0v) is 11.5. The summed E-state index contributed by atoms with van der Waals surface area (Å²) in [4.78, 5) is 34.9. The second-order valence-corrected chi connectivity index (χ2v) is 5.43. The van der Waals surface area contributed by atoms with Crippen LogP contribution in [0.4, 0.5) is 0 Å². The second kappa shape index (κ2) is 5.99. The molecule has 1 N–H and O–H groups in total. The molecule has 0 amide bonds. The molecule has 1 fully saturated rings. The fourth-order valence-corrected chi connectivity index (χ4v) is 2.75. The van der Waals surface area contributed by atoms with Gasteiger partial charge >= 0.3 is 0 Å². The van der Waals surface area contributed by atoms with Crippen LogP contribution in [0.15, 0.2) is 24.3 Å². The first kappa shape index (κ1) is 14.4. The Labute approximate surface area is 117 Å². The molecule has 1 aliphatic rings. The van der Waals surface area contributed by atoms with Gasteiger partial charge in [-0.15, -0.1) is 0 Å². The molecule has 1 aromatic rings. The number of carbonyl (C=O) groups excluding carboxylic acids is 3. The Morgan fingerprint density at radius 2 is 1.90 bits per heavy atom. The van der Waals surface area contributed by atoms with E-state index in [0.717, 1.165) is 5.56 Å². The lowest BCUT2D eigenvalue weighted by Gasteiger charge is -2.27. The van der Waals surface area contributed by atoms with E-state index >= 15 is 0 Å². The molecule has 0 aliphatic heterocycles. The molecule has 4 nitrogen and oxygen atoms in total. The van der Waals surface area contributed by atoms with Gasteiger partial charge in [-0.2, -0.15) is 0 Å². The Balaban J connectivity index is 2.11. The lowest BCUT2D eigenvalue weighted by molar-refractivity contribution is -0.136. The van der Waals surface area contributed by atoms with E-state index in [0.29, 0.717) is 19.3 Å². The molecule has 2 atom stereocenters. The maximum absolute atomic E-state index is 12.0. The van der Waals surface area contributed by atoms with Gasteiger partial charge in [0.1, 0.15) is 17.3 Å². The number of phenolic OH excluding ortho intramolecular Hbond substituents is 1. The summed E-state index contributed by atoms with van der Waals surface area (Å²) in [6.45, 7) is 1.36. The molecule has 0 radical (unpaired) electrons. The van der Waals surface area contributed by atoms with E-state index in [1.165, 1.54) is 6.92 Å². The van der Waals surface area contributed by atoms with Gasteiger partial charge in [0.25, 0.3) is 0 Å². The maximum Gasteiger partial charge on any atom is 0.150 e. The minimum atomic E-state index is -0.647. The van der Waals surface area contributed by atoms with Crippen LogP contribution in [-0.4, -0.2) is 22.5 Å². The van der Waals surface area contributed by atoms with E-state index in [2.05, 4.69) is 0 Å². The van der Waals surface area contributed by atoms with Crippen molar-refractivity contribution in [3.8, 4) is 5.75 Å². The Morgan fingerprint density at radius 1 is 1.25 bits per heavy atom. The summed E-state index contributed by atoms with van der Waals surface area (Å²) in [6.07, 6.45) is 1.40. The number of Topliss-reactive ketones (excluding diaryl/α,β-unsaturated/α-hetero) is 3. The molecular weight excluding hydrogens is 256 g/mol. The molecule has 0 heterocycles. The van der Waals surface area contributed by atoms with E-state index in [1.54, 1.807) is 12.1 Å². The lowest BCUT2D eigenvalue weighted by atomic mass is 9.75. The van der Waals surface area contributed by atoms with Crippen LogP contribution in [0.5, 0.6) is 5.75 Å². The third kappa shape index (κ3) is 3.32. The molecule has 1 saturated carbocycles. The van der Waals surface area contributed by atoms with Crippen molar-refractivity contribution < 1.29 is 19.5 Å². The number of carbonyl (C=O) groups is 3. The fourth-order valence-electron chi connectivity index (χ4n) is 2.75. The summed E-state index contributed by atoms with van der Waals surface area (Å²) in [6, 6.07) is 6.86. The normalized spacial score (nSPS) is 22.6. The fraction of sp³-hybridized carbons (Fsp3) is 0.438. The van der Waals surface area contributed by atoms with Gasteiger partial charge in [-0.05, 0) is 43.4 Å². The highest BCUT2D eigenvalue weighted by Gasteiger charge is 2.34. The van der Waals surface area contributed by atoms with Gasteiger partial charge in [0, 0.05) is 6.42 Å². The number of hydrogen-bond acceptors (Lipinski definition) is 4. The van der Waals surface area contributed by atoms with E-state index in [9.17, 15) is 19.5 Å². The van der Waals surface area contributed by atoms with Crippen LogP contribution in [0.25, 0.3) is 0 Å². The average Bonchev–Trinajstić information content (AvgIpc) is 2.39. The molecule has 4 heteroatoms. The third-order valence-corrected chi connectivity index (χ3v) is 3.82. The van der Waals surface area contributed by atoms with Crippen molar-refractivity contribution in [2.45, 2.75) is 38.5 Å². The van der Waals surface area contributed by atoms with Gasteiger partial charge in [0.2, 0.25) is 0 Å². The summed E-state index contributed by atoms with van der Waals surface area (Å²) in [5, 5.41) is 9.29. The highest BCUT2D eigenvalue weighted by atomic mass is 16.3. The number of aromatic hydroxyl groups is 1. The van der Waals surface area contributed by atoms with Crippen LogP contribution >= 0.6 is 0 Å². The van der Waals surface area contributed by atoms with Gasteiger partial charge in [-0.1, -0.05) is 12.1 Å². The highest BCUT2D eigenvalue weighted by molar-refractivity contribution is 6.09. The molecule has 20 heavy (non-hydrogen) atoms. The van der Waals surface area contributed by atoms with Crippen molar-refractivity contribution in [3.63, 3.8) is 0 Å². The first-order valence-electron chi connectivity index (χ1n) is 6.81. The average molecular weight is 274 g/mol. The molecule has 1 aliphatic carbocycles. The van der Waals surface area contributed by atoms with Crippen LogP contribution in [0.2, 0.25) is 0 Å². The summed E-state index contributed by atoms with van der Waals surface area (Å²) in [5.74, 6) is -0.822. The van der Waals surface area contributed by atoms with Crippen LogP contribution < -0.4 is 0 Å². The van der Waals surface area contributed by atoms with Gasteiger partial charge in [-0.3, -0.25) is 14.4 Å². The molecular formula is C16H18O4. The molecule has 0 saturated heterocycles. The zero-order chi connectivity index (χ0) is 14.7. The Morgan fingerprint density at radius 3 is 2.50 bits per heavy atom. The van der Waals surface area contributed by atoms with Crippen LogP contribution in [-0.2, 0) is 14.4 Å². The molecule has 106 valence electrons. The third-order valence-electron chi connectivity index (χ3n) is 3.82. The summed E-state index contributed by atoms with van der Waals surface area (Å²) in [5.41, 5.74) is 1.02. The largest absolute Gasteiger partial charge is 0.508 e. The summed E-state index contributed by atoms with van der Waals surface area (Å²) < 4.78 is 0. The van der Waals surface area contributed by atoms with Gasteiger partial charge in [-0.25, -0.2) is 0 Å². The first-order valence-corrected chi connectivity index (χ1v) is 6.81.